The lowest BCUT2D eigenvalue weighted by atomic mass is 10.3. The number of rotatable bonds is 3. The summed E-state index contributed by atoms with van der Waals surface area (Å²) in [5.41, 5.74) is 0. The monoisotopic (exact) mass is 154 g/mol. The molecule has 2 amide bonds. The second-order valence-electron chi connectivity index (χ2n) is 2.43. The van der Waals surface area contributed by atoms with Crippen LogP contribution in [0.15, 0.2) is 0 Å². The third kappa shape index (κ3) is 5.28. The summed E-state index contributed by atoms with van der Waals surface area (Å²) in [5.74, 6) is 2.51. The average molecular weight is 154 g/mol. The molecular weight excluding hydrogens is 140 g/mol. The molecule has 0 aromatic heterocycles. The van der Waals surface area contributed by atoms with Gasteiger partial charge in [-0.1, -0.05) is 0 Å². The van der Waals surface area contributed by atoms with Crippen molar-refractivity contribution in [2.75, 3.05) is 20.6 Å². The van der Waals surface area contributed by atoms with Crippen LogP contribution in [-0.2, 0) is 0 Å². The van der Waals surface area contributed by atoms with E-state index in [4.69, 9.17) is 6.42 Å². The van der Waals surface area contributed by atoms with E-state index in [-0.39, 0.29) is 6.03 Å². The molecule has 11 heavy (non-hydrogen) atoms. The lowest BCUT2D eigenvalue weighted by Crippen LogP contribution is -2.34. The van der Waals surface area contributed by atoms with Crippen molar-refractivity contribution in [1.82, 2.24) is 10.2 Å². The number of nitrogens with zero attached hydrogens (tertiary/aromatic N) is 1. The normalized spacial score (nSPS) is 8.45. The van der Waals surface area contributed by atoms with Crippen LogP contribution in [0.3, 0.4) is 0 Å². The van der Waals surface area contributed by atoms with Crippen LogP contribution in [0, 0.1) is 12.3 Å². The maximum Gasteiger partial charge on any atom is 0.316 e. The molecule has 0 fully saturated rings. The quantitative estimate of drug-likeness (QED) is 0.470. The van der Waals surface area contributed by atoms with Crippen molar-refractivity contribution in [3.63, 3.8) is 0 Å². The molecule has 0 saturated carbocycles. The molecular formula is C8H14N2O. The van der Waals surface area contributed by atoms with E-state index < -0.39 is 0 Å². The van der Waals surface area contributed by atoms with E-state index in [9.17, 15) is 4.79 Å². The summed E-state index contributed by atoms with van der Waals surface area (Å²) in [6, 6.07) is -0.0676. The van der Waals surface area contributed by atoms with Crippen molar-refractivity contribution < 1.29 is 4.79 Å². The van der Waals surface area contributed by atoms with Gasteiger partial charge < -0.3 is 10.2 Å². The van der Waals surface area contributed by atoms with E-state index in [1.165, 1.54) is 4.90 Å². The molecule has 0 aliphatic carbocycles. The summed E-state index contributed by atoms with van der Waals surface area (Å²) in [6.45, 7) is 0.654. The number of unbranched alkanes of at least 4 members (excludes halogenated alkanes) is 1. The Balaban J connectivity index is 3.26. The molecule has 0 bridgehead atoms. The van der Waals surface area contributed by atoms with Gasteiger partial charge in [-0.15, -0.1) is 12.3 Å². The number of carbonyl (C=O) groups excluding carboxylic acids is 1. The zero-order valence-corrected chi connectivity index (χ0v) is 7.05. The van der Waals surface area contributed by atoms with Crippen LogP contribution in [0.5, 0.6) is 0 Å². The van der Waals surface area contributed by atoms with Crippen LogP contribution in [0.1, 0.15) is 12.8 Å². The minimum absolute atomic E-state index is 0.0676. The molecule has 0 aromatic carbocycles. The van der Waals surface area contributed by atoms with Crippen molar-refractivity contribution in [2.45, 2.75) is 12.8 Å². The Kier molecular flexibility index (Phi) is 5.01. The van der Waals surface area contributed by atoms with Crippen LogP contribution < -0.4 is 5.32 Å². The summed E-state index contributed by atoms with van der Waals surface area (Å²) >= 11 is 0. The minimum atomic E-state index is -0.0676. The Bertz CT molecular complexity index is 158. The zero-order valence-electron chi connectivity index (χ0n) is 7.05. The standard InChI is InChI=1S/C8H14N2O/c1-4-5-6-7-9-8(11)10(2)3/h1H,5-7H2,2-3H3,(H,9,11). The maximum absolute atomic E-state index is 10.9. The van der Waals surface area contributed by atoms with Crippen molar-refractivity contribution in [3.05, 3.63) is 0 Å². The first-order valence-corrected chi connectivity index (χ1v) is 3.57. The van der Waals surface area contributed by atoms with Gasteiger partial charge in [0.05, 0.1) is 0 Å². The molecule has 0 aliphatic heterocycles. The fourth-order valence-electron chi connectivity index (χ4n) is 0.544. The van der Waals surface area contributed by atoms with E-state index in [1.807, 2.05) is 0 Å². The van der Waals surface area contributed by atoms with Crippen LogP contribution >= 0.6 is 0 Å². The smallest absolute Gasteiger partial charge is 0.316 e. The minimum Gasteiger partial charge on any atom is -0.338 e. The Hall–Kier alpha value is -1.17. The van der Waals surface area contributed by atoms with Gasteiger partial charge in [-0.05, 0) is 6.42 Å². The molecule has 0 aliphatic rings. The predicted molar refractivity (Wildman–Crippen MR) is 45.2 cm³/mol. The third-order valence-corrected chi connectivity index (χ3v) is 1.18. The fraction of sp³-hybridized carbons (Fsp3) is 0.625. The van der Waals surface area contributed by atoms with Gasteiger partial charge in [-0.2, -0.15) is 0 Å². The van der Waals surface area contributed by atoms with Gasteiger partial charge in [-0.25, -0.2) is 4.79 Å². The first kappa shape index (κ1) is 9.83. The first-order valence-electron chi connectivity index (χ1n) is 3.57. The summed E-state index contributed by atoms with van der Waals surface area (Å²) in [4.78, 5) is 12.4. The number of hydrogen-bond donors (Lipinski definition) is 1. The number of terminal acetylenes is 1. The van der Waals surface area contributed by atoms with Crippen LogP contribution in [0.25, 0.3) is 0 Å². The summed E-state index contributed by atoms with van der Waals surface area (Å²) < 4.78 is 0. The Morgan fingerprint density at radius 1 is 1.64 bits per heavy atom. The number of carbonyl (C=O) groups is 1. The van der Waals surface area contributed by atoms with Crippen molar-refractivity contribution in [1.29, 1.82) is 0 Å². The van der Waals surface area contributed by atoms with Crippen molar-refractivity contribution in [2.24, 2.45) is 0 Å². The molecule has 3 nitrogen and oxygen atoms in total. The van der Waals surface area contributed by atoms with Gasteiger partial charge in [0.2, 0.25) is 0 Å². The number of urea groups is 1. The molecule has 0 unspecified atom stereocenters. The Morgan fingerprint density at radius 2 is 2.27 bits per heavy atom. The number of amides is 2. The van der Waals surface area contributed by atoms with Gasteiger partial charge in [0.25, 0.3) is 0 Å². The van der Waals surface area contributed by atoms with E-state index in [2.05, 4.69) is 11.2 Å². The Morgan fingerprint density at radius 3 is 2.73 bits per heavy atom. The van der Waals surface area contributed by atoms with E-state index in [0.717, 1.165) is 6.42 Å². The van der Waals surface area contributed by atoms with Gasteiger partial charge in [0, 0.05) is 27.1 Å². The lowest BCUT2D eigenvalue weighted by Gasteiger charge is -2.10. The molecule has 0 rings (SSSR count). The molecule has 1 N–H and O–H groups in total. The van der Waals surface area contributed by atoms with Gasteiger partial charge >= 0.3 is 6.03 Å². The SMILES string of the molecule is C#CCCCNC(=O)N(C)C. The highest BCUT2D eigenvalue weighted by Gasteiger charge is 1.99. The molecule has 0 heterocycles. The largest absolute Gasteiger partial charge is 0.338 e. The lowest BCUT2D eigenvalue weighted by molar-refractivity contribution is 0.217. The molecule has 0 saturated heterocycles. The molecule has 62 valence electrons. The molecule has 0 spiro atoms. The van der Waals surface area contributed by atoms with E-state index in [0.29, 0.717) is 13.0 Å². The Labute approximate surface area is 67.8 Å². The highest BCUT2D eigenvalue weighted by molar-refractivity contribution is 5.73. The van der Waals surface area contributed by atoms with Gasteiger partial charge in [-0.3, -0.25) is 0 Å². The predicted octanol–water partition coefficient (Wildman–Crippen LogP) is 0.671. The zero-order chi connectivity index (χ0) is 8.69. The number of nitrogens with one attached hydrogen (secondary N) is 1. The van der Waals surface area contributed by atoms with E-state index >= 15 is 0 Å². The van der Waals surface area contributed by atoms with Gasteiger partial charge in [0.1, 0.15) is 0 Å². The molecule has 0 radical (unpaired) electrons. The fourth-order valence-corrected chi connectivity index (χ4v) is 0.544. The number of hydrogen-bond acceptors (Lipinski definition) is 1. The van der Waals surface area contributed by atoms with E-state index in [1.54, 1.807) is 14.1 Å². The summed E-state index contributed by atoms with van der Waals surface area (Å²) in [6.07, 6.45) is 6.59. The van der Waals surface area contributed by atoms with Crippen LogP contribution in [-0.4, -0.2) is 31.6 Å². The molecule has 3 heteroatoms. The maximum atomic E-state index is 10.9. The molecule has 0 aromatic rings. The second kappa shape index (κ2) is 5.60. The first-order chi connectivity index (χ1) is 5.18. The van der Waals surface area contributed by atoms with Crippen molar-refractivity contribution >= 4 is 6.03 Å². The van der Waals surface area contributed by atoms with Crippen molar-refractivity contribution in [3.8, 4) is 12.3 Å². The molecule has 0 atom stereocenters. The average Bonchev–Trinajstić information content (AvgIpc) is 1.97. The third-order valence-electron chi connectivity index (χ3n) is 1.18. The highest BCUT2D eigenvalue weighted by atomic mass is 16.2. The second-order valence-corrected chi connectivity index (χ2v) is 2.43. The highest BCUT2D eigenvalue weighted by Crippen LogP contribution is 1.84. The summed E-state index contributed by atoms with van der Waals surface area (Å²) in [7, 11) is 3.41. The van der Waals surface area contributed by atoms with Gasteiger partial charge in [0.15, 0.2) is 0 Å². The summed E-state index contributed by atoms with van der Waals surface area (Å²) in [5, 5.41) is 2.71. The van der Waals surface area contributed by atoms with Crippen LogP contribution in [0.4, 0.5) is 4.79 Å². The topological polar surface area (TPSA) is 32.3 Å². The van der Waals surface area contributed by atoms with Crippen LogP contribution in [0.2, 0.25) is 0 Å².